The van der Waals surface area contributed by atoms with Crippen LogP contribution in [0.3, 0.4) is 0 Å². The number of fused-ring (bicyclic) bond motifs is 3. The van der Waals surface area contributed by atoms with Crippen molar-refractivity contribution in [3.63, 3.8) is 0 Å². The van der Waals surface area contributed by atoms with E-state index in [1.807, 2.05) is 16.7 Å². The number of benzene rings is 2. The number of halogens is 1. The van der Waals surface area contributed by atoms with Crippen LogP contribution in [-0.4, -0.2) is 60.4 Å². The molecule has 2 aromatic heterocycles. The molecule has 0 saturated heterocycles. The third-order valence-corrected chi connectivity index (χ3v) is 7.82. The van der Waals surface area contributed by atoms with Crippen molar-refractivity contribution < 1.29 is 33.5 Å². The van der Waals surface area contributed by atoms with Crippen molar-refractivity contribution in [3.05, 3.63) is 53.3 Å². The van der Waals surface area contributed by atoms with Crippen LogP contribution in [0.5, 0.6) is 11.5 Å². The Hall–Kier alpha value is -3.22. The fourth-order valence-electron chi connectivity index (χ4n) is 4.84. The molecule has 0 aliphatic heterocycles. The molecular formula is C29H37BrN5O7P. The number of phenolic OH excluding ortho intramolecular Hbond substituents is 1. The summed E-state index contributed by atoms with van der Waals surface area (Å²) in [6.07, 6.45) is 4.84. The molecule has 0 fully saturated rings. The Morgan fingerprint density at radius 2 is 1.88 bits per heavy atom. The standard InChI is InChI=1S/C29H37BrN5O7P/c1-2-3-7-25-34-27-28(35(25)18-20-16-21(9-11-24(20)36)42-43(38,39)40)22-15-19(8-10-23(22)33-29(27)31)6-4-13-41-14-5-12-32-26(37)17-30/h8-11,15-16,36H,2-7,12-14,17-18H2,1H3,(H2,31,33)(H,32,37)(H2,38,39,40). The number of amides is 1. The van der Waals surface area contributed by atoms with E-state index in [2.05, 4.69) is 39.2 Å². The number of hydrogen-bond donors (Lipinski definition) is 5. The number of aryl methyl sites for hydroxylation is 2. The summed E-state index contributed by atoms with van der Waals surface area (Å²) in [5, 5.41) is 14.6. The fraction of sp³-hybridized carbons (Fsp3) is 0.414. The molecule has 12 nitrogen and oxygen atoms in total. The molecule has 232 valence electrons. The summed E-state index contributed by atoms with van der Waals surface area (Å²) in [6.45, 7) is 3.99. The number of nitrogens with zero attached hydrogens (tertiary/aromatic N) is 3. The topological polar surface area (TPSA) is 182 Å². The number of hydrogen-bond acceptors (Lipinski definition) is 8. The Labute approximate surface area is 258 Å². The van der Waals surface area contributed by atoms with Gasteiger partial charge in [0, 0.05) is 37.1 Å². The number of carbonyl (C=O) groups excluding carboxylic acids is 1. The Morgan fingerprint density at radius 3 is 2.63 bits per heavy atom. The van der Waals surface area contributed by atoms with E-state index in [-0.39, 0.29) is 24.0 Å². The van der Waals surface area contributed by atoms with Crippen molar-refractivity contribution in [3.8, 4) is 11.5 Å². The number of rotatable bonds is 16. The molecule has 0 aliphatic carbocycles. The molecule has 4 rings (SSSR count). The maximum atomic E-state index is 11.4. The number of aromatic hydroxyl groups is 1. The zero-order valence-electron chi connectivity index (χ0n) is 24.0. The van der Waals surface area contributed by atoms with E-state index >= 15 is 0 Å². The predicted molar refractivity (Wildman–Crippen MR) is 168 cm³/mol. The molecule has 2 aromatic carbocycles. The van der Waals surface area contributed by atoms with E-state index in [9.17, 15) is 24.3 Å². The number of imidazole rings is 1. The highest BCUT2D eigenvalue weighted by Crippen LogP contribution is 2.39. The van der Waals surface area contributed by atoms with Gasteiger partial charge in [0.1, 0.15) is 22.8 Å². The van der Waals surface area contributed by atoms with Gasteiger partial charge in [-0.25, -0.2) is 14.5 Å². The number of nitrogens with two attached hydrogens (primary N) is 1. The maximum Gasteiger partial charge on any atom is 0.524 e. The van der Waals surface area contributed by atoms with Gasteiger partial charge in [0.15, 0.2) is 5.82 Å². The smallest absolute Gasteiger partial charge is 0.508 e. The Bertz CT molecular complexity index is 1620. The summed E-state index contributed by atoms with van der Waals surface area (Å²) in [7, 11) is -4.78. The van der Waals surface area contributed by atoms with E-state index in [0.717, 1.165) is 54.4 Å². The van der Waals surface area contributed by atoms with E-state index in [1.54, 1.807) is 0 Å². The second-order valence-corrected chi connectivity index (χ2v) is 11.9. The van der Waals surface area contributed by atoms with Crippen LogP contribution in [0.2, 0.25) is 0 Å². The molecule has 1 amide bonds. The van der Waals surface area contributed by atoms with E-state index in [1.165, 1.54) is 18.2 Å². The first kappa shape index (κ1) is 32.7. The first-order chi connectivity index (χ1) is 20.6. The van der Waals surface area contributed by atoms with Gasteiger partial charge in [0.2, 0.25) is 5.91 Å². The van der Waals surface area contributed by atoms with Gasteiger partial charge in [-0.15, -0.1) is 0 Å². The molecule has 6 N–H and O–H groups in total. The summed E-state index contributed by atoms with van der Waals surface area (Å²) in [4.78, 5) is 39.3. The normalized spacial score (nSPS) is 11.8. The van der Waals surface area contributed by atoms with Crippen molar-refractivity contribution in [1.29, 1.82) is 0 Å². The summed E-state index contributed by atoms with van der Waals surface area (Å²) in [5.41, 5.74) is 9.93. The zero-order chi connectivity index (χ0) is 31.0. The van der Waals surface area contributed by atoms with Gasteiger partial charge in [0.05, 0.1) is 22.9 Å². The minimum Gasteiger partial charge on any atom is -0.508 e. The van der Waals surface area contributed by atoms with Crippen molar-refractivity contribution >= 4 is 57.4 Å². The number of phenols is 1. The second-order valence-electron chi connectivity index (χ2n) is 10.2. The van der Waals surface area contributed by atoms with Crippen molar-refractivity contribution in [2.24, 2.45) is 0 Å². The van der Waals surface area contributed by atoms with Crippen LogP contribution in [0.15, 0.2) is 36.4 Å². The van der Waals surface area contributed by atoms with Crippen LogP contribution in [0, 0.1) is 0 Å². The quantitative estimate of drug-likeness (QED) is 0.0639. The van der Waals surface area contributed by atoms with Crippen LogP contribution >= 0.6 is 23.8 Å². The number of phosphoric ester groups is 1. The molecule has 43 heavy (non-hydrogen) atoms. The average Bonchev–Trinajstić information content (AvgIpc) is 3.33. The number of ether oxygens (including phenoxy) is 1. The molecule has 0 aliphatic rings. The first-order valence-corrected chi connectivity index (χ1v) is 16.8. The van der Waals surface area contributed by atoms with Gasteiger partial charge in [0.25, 0.3) is 0 Å². The van der Waals surface area contributed by atoms with E-state index < -0.39 is 7.82 Å². The summed E-state index contributed by atoms with van der Waals surface area (Å²) >= 11 is 3.12. The zero-order valence-corrected chi connectivity index (χ0v) is 26.4. The molecular weight excluding hydrogens is 641 g/mol. The van der Waals surface area contributed by atoms with Gasteiger partial charge in [-0.05, 0) is 61.6 Å². The lowest BCUT2D eigenvalue weighted by Gasteiger charge is -2.14. The van der Waals surface area contributed by atoms with Crippen molar-refractivity contribution in [1.82, 2.24) is 19.9 Å². The first-order valence-electron chi connectivity index (χ1n) is 14.1. The lowest BCUT2D eigenvalue weighted by Crippen LogP contribution is -2.26. The van der Waals surface area contributed by atoms with Crippen molar-refractivity contribution in [2.45, 2.75) is 52.0 Å². The largest absolute Gasteiger partial charge is 0.524 e. The van der Waals surface area contributed by atoms with Crippen LogP contribution in [0.4, 0.5) is 5.82 Å². The monoisotopic (exact) mass is 677 g/mol. The minimum absolute atomic E-state index is 0.0419. The number of nitrogen functional groups attached to an aromatic ring is 1. The van der Waals surface area contributed by atoms with Gasteiger partial charge < -0.3 is 30.0 Å². The highest BCUT2D eigenvalue weighted by molar-refractivity contribution is 9.09. The third-order valence-electron chi connectivity index (χ3n) is 6.87. The van der Waals surface area contributed by atoms with Crippen LogP contribution in [0.25, 0.3) is 21.9 Å². The molecule has 0 saturated carbocycles. The lowest BCUT2D eigenvalue weighted by atomic mass is 10.1. The Balaban J connectivity index is 1.61. The van der Waals surface area contributed by atoms with Crippen LogP contribution in [0.1, 0.15) is 49.6 Å². The third kappa shape index (κ3) is 8.90. The number of pyridine rings is 1. The molecule has 0 radical (unpaired) electrons. The highest BCUT2D eigenvalue weighted by atomic mass is 79.9. The van der Waals surface area contributed by atoms with Crippen molar-refractivity contribution in [2.75, 3.05) is 30.8 Å². The van der Waals surface area contributed by atoms with Gasteiger partial charge in [-0.1, -0.05) is 35.3 Å². The number of nitrogens with one attached hydrogen (secondary N) is 1. The number of aromatic nitrogens is 3. The summed E-state index contributed by atoms with van der Waals surface area (Å²) < 4.78 is 23.9. The average molecular weight is 679 g/mol. The molecule has 4 aromatic rings. The van der Waals surface area contributed by atoms with Crippen LogP contribution in [-0.2, 0) is 33.5 Å². The summed E-state index contributed by atoms with van der Waals surface area (Å²) in [6, 6.07) is 10.1. The fourth-order valence-corrected chi connectivity index (χ4v) is 5.42. The molecule has 2 heterocycles. The van der Waals surface area contributed by atoms with Gasteiger partial charge in [-0.2, -0.15) is 0 Å². The number of phosphoric acid groups is 1. The number of carbonyl (C=O) groups is 1. The van der Waals surface area contributed by atoms with E-state index in [0.29, 0.717) is 53.9 Å². The molecule has 0 unspecified atom stereocenters. The number of unbranched alkanes of at least 4 members (excludes halogenated alkanes) is 1. The molecule has 0 atom stereocenters. The SMILES string of the molecule is CCCCc1nc2c(N)nc3ccc(CCCOCCCNC(=O)CBr)cc3c2n1Cc1cc(OP(=O)(O)O)ccc1O. The van der Waals surface area contributed by atoms with E-state index in [4.69, 9.17) is 20.0 Å². The number of anilines is 1. The lowest BCUT2D eigenvalue weighted by molar-refractivity contribution is -0.118. The molecule has 0 bridgehead atoms. The molecule has 14 heteroatoms. The summed E-state index contributed by atoms with van der Waals surface area (Å²) in [5.74, 6) is 0.929. The Morgan fingerprint density at radius 1 is 1.09 bits per heavy atom. The minimum atomic E-state index is -4.78. The van der Waals surface area contributed by atoms with Gasteiger partial charge in [-0.3, -0.25) is 14.6 Å². The second kappa shape index (κ2) is 15.0. The van der Waals surface area contributed by atoms with Gasteiger partial charge >= 0.3 is 7.82 Å². The maximum absolute atomic E-state index is 11.4. The van der Waals surface area contributed by atoms with Crippen LogP contribution < -0.4 is 15.6 Å². The predicted octanol–water partition coefficient (Wildman–Crippen LogP) is 4.59. The Kier molecular flexibility index (Phi) is 11.4. The highest BCUT2D eigenvalue weighted by Gasteiger charge is 2.21. The number of alkyl halides is 1. The molecule has 0 spiro atoms.